The summed E-state index contributed by atoms with van der Waals surface area (Å²) in [6, 6.07) is 11.2. The smallest absolute Gasteiger partial charge is 0.307 e. The van der Waals surface area contributed by atoms with Gasteiger partial charge in [-0.2, -0.15) is 9.83 Å². The molecule has 2 heterocycles. The maximum Gasteiger partial charge on any atom is 0.307 e. The lowest BCUT2D eigenvalue weighted by Gasteiger charge is -2.26. The molecule has 10 heteroatoms. The highest BCUT2D eigenvalue weighted by molar-refractivity contribution is 6.30. The summed E-state index contributed by atoms with van der Waals surface area (Å²) < 4.78 is 13.1. The summed E-state index contributed by atoms with van der Waals surface area (Å²) in [5.41, 5.74) is 6.92. The lowest BCUT2D eigenvalue weighted by molar-refractivity contribution is -0.764. The van der Waals surface area contributed by atoms with Crippen LogP contribution in [0, 0.1) is 17.4 Å². The van der Waals surface area contributed by atoms with E-state index in [1.54, 1.807) is 6.19 Å². The molecule has 1 aromatic heterocycles. The van der Waals surface area contributed by atoms with E-state index in [-0.39, 0.29) is 18.1 Å². The largest absolute Gasteiger partial charge is 0.494 e. The summed E-state index contributed by atoms with van der Waals surface area (Å²) in [5, 5.41) is 13.0. The number of nitrogens with zero attached hydrogens (tertiary/aromatic N) is 4. The Morgan fingerprint density at radius 3 is 2.56 bits per heavy atom. The molecule has 3 rings (SSSR count). The van der Waals surface area contributed by atoms with Gasteiger partial charge in [0, 0.05) is 23.7 Å². The number of carbonyl (C=O) groups excluding carboxylic acids is 1. The average Bonchev–Trinajstić information content (AvgIpc) is 2.91. The Morgan fingerprint density at radius 2 is 1.89 bits per heavy atom. The summed E-state index contributed by atoms with van der Waals surface area (Å²) in [4.78, 5) is 16.7. The van der Waals surface area contributed by atoms with Gasteiger partial charge in [-0.15, -0.1) is 4.99 Å². The number of rotatable bonds is 13. The summed E-state index contributed by atoms with van der Waals surface area (Å²) in [7, 11) is 0. The predicted octanol–water partition coefficient (Wildman–Crippen LogP) is 3.54. The second kappa shape index (κ2) is 14.9. The zero-order valence-corrected chi connectivity index (χ0v) is 21.1. The van der Waals surface area contributed by atoms with Gasteiger partial charge in [-0.25, -0.2) is 0 Å². The molecule has 0 amide bonds. The Hall–Kier alpha value is -3.35. The molecule has 0 radical (unpaired) electrons. The van der Waals surface area contributed by atoms with Crippen LogP contribution in [0.25, 0.3) is 0 Å². The van der Waals surface area contributed by atoms with Crippen LogP contribution in [0.2, 0.25) is 5.02 Å². The number of hydrogen-bond donors (Lipinski definition) is 2. The predicted molar refractivity (Wildman–Crippen MR) is 138 cm³/mol. The summed E-state index contributed by atoms with van der Waals surface area (Å²) >= 11 is 5.89. The minimum absolute atomic E-state index is 0.153. The van der Waals surface area contributed by atoms with Gasteiger partial charge in [0.05, 0.1) is 18.2 Å². The number of halogens is 1. The summed E-state index contributed by atoms with van der Waals surface area (Å²) in [5.74, 6) is 1.21. The molecule has 0 aliphatic carbocycles. The Bertz CT molecular complexity index is 1000. The van der Waals surface area contributed by atoms with Gasteiger partial charge in [-0.05, 0) is 63.0 Å². The summed E-state index contributed by atoms with van der Waals surface area (Å²) in [6.45, 7) is 3.59. The third-order valence-electron chi connectivity index (χ3n) is 6.22. The van der Waals surface area contributed by atoms with Crippen molar-refractivity contribution in [2.24, 2.45) is 16.6 Å². The van der Waals surface area contributed by atoms with E-state index in [1.807, 2.05) is 58.3 Å². The Kier molecular flexibility index (Phi) is 11.3. The van der Waals surface area contributed by atoms with Gasteiger partial charge in [0.2, 0.25) is 12.2 Å². The fraction of sp³-hybridized carbons (Fsp3) is 0.462. The number of carbonyl (C=O) groups is 1. The normalized spacial score (nSPS) is 15.1. The van der Waals surface area contributed by atoms with Gasteiger partial charge in [0.25, 0.3) is 6.47 Å². The van der Waals surface area contributed by atoms with Crippen LogP contribution in [-0.4, -0.2) is 38.7 Å². The summed E-state index contributed by atoms with van der Waals surface area (Å²) in [6.07, 6.45) is 10.9. The van der Waals surface area contributed by atoms with Gasteiger partial charge in [0.15, 0.2) is 12.4 Å². The maximum absolute atomic E-state index is 11.1. The first-order chi connectivity index (χ1) is 17.6. The van der Waals surface area contributed by atoms with Crippen LogP contribution in [0.3, 0.4) is 0 Å². The van der Waals surface area contributed by atoms with Crippen molar-refractivity contribution in [1.82, 2.24) is 5.32 Å². The molecule has 2 aromatic rings. The second-order valence-electron chi connectivity index (χ2n) is 8.65. The highest BCUT2D eigenvalue weighted by Crippen LogP contribution is 2.23. The molecule has 0 bridgehead atoms. The van der Waals surface area contributed by atoms with Gasteiger partial charge in [0.1, 0.15) is 5.75 Å². The zero-order chi connectivity index (χ0) is 25.6. The van der Waals surface area contributed by atoms with Crippen LogP contribution in [-0.2, 0) is 9.53 Å². The van der Waals surface area contributed by atoms with E-state index in [0.717, 1.165) is 63.1 Å². The molecule has 3 N–H and O–H groups in total. The number of nitriles is 1. The minimum atomic E-state index is -0.354. The number of nitrogens with one attached hydrogen (secondary N) is 1. The van der Waals surface area contributed by atoms with E-state index >= 15 is 0 Å². The van der Waals surface area contributed by atoms with Crippen molar-refractivity contribution in [2.45, 2.75) is 44.8 Å². The number of aliphatic imine (C=N–C) groups is 1. The Balaban J connectivity index is 1.52. The van der Waals surface area contributed by atoms with Crippen LogP contribution in [0.5, 0.6) is 5.75 Å². The monoisotopic (exact) mass is 513 g/mol. The van der Waals surface area contributed by atoms with Crippen molar-refractivity contribution >= 4 is 29.7 Å². The first-order valence-electron chi connectivity index (χ1n) is 12.3. The zero-order valence-electron chi connectivity index (χ0n) is 20.4. The van der Waals surface area contributed by atoms with Crippen molar-refractivity contribution < 1.29 is 18.8 Å². The van der Waals surface area contributed by atoms with E-state index < -0.39 is 0 Å². The third kappa shape index (κ3) is 8.40. The minimum Gasteiger partial charge on any atom is -0.494 e. The lowest BCUT2D eigenvalue weighted by atomic mass is 9.96. The van der Waals surface area contributed by atoms with Crippen LogP contribution in [0.15, 0.2) is 53.8 Å². The highest BCUT2D eigenvalue weighted by Gasteiger charge is 2.32. The third-order valence-corrected chi connectivity index (χ3v) is 6.47. The standard InChI is InChI=1S/C26H34ClN6O3/c27-22-5-7-24(8-6-22)35-18-4-2-1-3-15-33(26(29)31-19-28)23-11-16-32(17-12-23)25(36-20-34)21-9-13-30-14-10-21/h5-8,11-12,16-17,20-21,25,30H,1-4,9-10,13-15,18H2,(H2,29,31)/q+1. The maximum atomic E-state index is 11.1. The Labute approximate surface area is 217 Å². The van der Waals surface area contributed by atoms with Gasteiger partial charge in [-0.3, -0.25) is 4.79 Å². The van der Waals surface area contributed by atoms with E-state index in [9.17, 15) is 4.79 Å². The Morgan fingerprint density at radius 1 is 1.19 bits per heavy atom. The van der Waals surface area contributed by atoms with Gasteiger partial charge in [-0.1, -0.05) is 24.4 Å². The van der Waals surface area contributed by atoms with E-state index in [0.29, 0.717) is 24.6 Å². The molecule has 9 nitrogen and oxygen atoms in total. The number of pyridine rings is 1. The van der Waals surface area contributed by atoms with Crippen molar-refractivity contribution in [2.75, 3.05) is 31.1 Å². The van der Waals surface area contributed by atoms with E-state index in [2.05, 4.69) is 10.3 Å². The van der Waals surface area contributed by atoms with Crippen LogP contribution in [0.1, 0.15) is 44.8 Å². The van der Waals surface area contributed by atoms with Gasteiger partial charge < -0.3 is 25.4 Å². The molecule has 1 aliphatic rings. The molecule has 0 saturated carbocycles. The van der Waals surface area contributed by atoms with Crippen molar-refractivity contribution in [3.8, 4) is 11.9 Å². The number of ether oxygens (including phenoxy) is 2. The average molecular weight is 514 g/mol. The number of piperidine rings is 1. The van der Waals surface area contributed by atoms with Crippen LogP contribution >= 0.6 is 11.6 Å². The topological polar surface area (TPSA) is 117 Å². The number of benzene rings is 1. The highest BCUT2D eigenvalue weighted by atomic mass is 35.5. The lowest BCUT2D eigenvalue weighted by Crippen LogP contribution is -2.47. The molecule has 1 unspecified atom stereocenters. The fourth-order valence-electron chi connectivity index (χ4n) is 4.32. The molecule has 1 fully saturated rings. The van der Waals surface area contributed by atoms with Crippen molar-refractivity contribution in [3.05, 3.63) is 53.8 Å². The van der Waals surface area contributed by atoms with Gasteiger partial charge >= 0.3 is 6.23 Å². The van der Waals surface area contributed by atoms with E-state index in [4.69, 9.17) is 32.1 Å². The SMILES string of the molecule is N#CN=C(N)N(CCCCCCOc1ccc(Cl)cc1)c1cc[n+](C(OC=O)C2CCNCC2)cc1. The van der Waals surface area contributed by atoms with Crippen LogP contribution < -0.4 is 25.3 Å². The van der Waals surface area contributed by atoms with Crippen LogP contribution in [0.4, 0.5) is 5.69 Å². The number of guanidine groups is 1. The molecule has 36 heavy (non-hydrogen) atoms. The molecule has 0 spiro atoms. The molecule has 1 saturated heterocycles. The molecular weight excluding hydrogens is 480 g/mol. The molecule has 1 aromatic carbocycles. The number of nitrogens with two attached hydrogens (primary N) is 1. The van der Waals surface area contributed by atoms with E-state index in [1.165, 1.54) is 0 Å². The number of unbranched alkanes of at least 4 members (excludes halogenated alkanes) is 3. The number of anilines is 1. The second-order valence-corrected chi connectivity index (χ2v) is 9.09. The quantitative estimate of drug-likeness (QED) is 0.105. The van der Waals surface area contributed by atoms with Crippen molar-refractivity contribution in [1.29, 1.82) is 5.26 Å². The molecular formula is C26H34ClN6O3+. The number of aromatic nitrogens is 1. The first-order valence-corrected chi connectivity index (χ1v) is 12.7. The first kappa shape index (κ1) is 27.2. The molecule has 192 valence electrons. The fourth-order valence-corrected chi connectivity index (χ4v) is 4.45. The molecule has 1 aliphatic heterocycles. The van der Waals surface area contributed by atoms with Crippen molar-refractivity contribution in [3.63, 3.8) is 0 Å². The number of hydrogen-bond acceptors (Lipinski definition) is 6. The molecule has 1 atom stereocenters.